The number of aliphatic carboxylic acids is 1. The smallest absolute Gasteiger partial charge is 0.308 e. The number of aromatic amines is 1. The van der Waals surface area contributed by atoms with E-state index >= 15 is 4.39 Å². The number of carboxylic acids is 1. The first kappa shape index (κ1) is 24.0. The quantitative estimate of drug-likeness (QED) is 0.305. The summed E-state index contributed by atoms with van der Waals surface area (Å²) in [5.41, 5.74) is 0.343. The van der Waals surface area contributed by atoms with E-state index in [4.69, 9.17) is 0 Å². The number of carboxylic acid groups (broad SMARTS) is 1. The third kappa shape index (κ3) is 3.77. The summed E-state index contributed by atoms with van der Waals surface area (Å²) in [6, 6.07) is 6.51. The number of rotatable bonds is 5. The zero-order valence-corrected chi connectivity index (χ0v) is 20.0. The Hall–Kier alpha value is -4.39. The first-order valence-electron chi connectivity index (χ1n) is 12.4. The first-order valence-corrected chi connectivity index (χ1v) is 12.4. The minimum absolute atomic E-state index is 0.0133. The molecular weight excluding hydrogens is 495 g/mol. The van der Waals surface area contributed by atoms with E-state index in [0.717, 1.165) is 37.8 Å². The number of halogens is 3. The minimum Gasteiger partial charge on any atom is -0.481 e. The van der Waals surface area contributed by atoms with Crippen molar-refractivity contribution in [2.45, 2.75) is 31.7 Å². The summed E-state index contributed by atoms with van der Waals surface area (Å²) in [7, 11) is 0. The van der Waals surface area contributed by atoms with E-state index in [0.29, 0.717) is 5.56 Å². The fraction of sp³-hybridized carbons (Fsp3) is 0.286. The number of nitriles is 1. The molecule has 0 spiro atoms. The summed E-state index contributed by atoms with van der Waals surface area (Å²) in [6.07, 6.45) is 7.58. The minimum atomic E-state index is -0.943. The van der Waals surface area contributed by atoms with Gasteiger partial charge in [0.15, 0.2) is 11.6 Å². The second-order valence-corrected chi connectivity index (χ2v) is 9.95. The van der Waals surface area contributed by atoms with Crippen molar-refractivity contribution in [3.8, 4) is 28.5 Å². The SMILES string of the molecule is N#Cc1c(-c2c[nH]c3c(F)cc(F)cc23)nc(NC2C3CCC(CC3)C2C(=O)O)c(F)c1-c1cccnc1. The van der Waals surface area contributed by atoms with Gasteiger partial charge in [0.05, 0.1) is 22.7 Å². The van der Waals surface area contributed by atoms with Gasteiger partial charge >= 0.3 is 5.97 Å². The number of pyridine rings is 2. The summed E-state index contributed by atoms with van der Waals surface area (Å²) < 4.78 is 44.9. The molecule has 0 saturated heterocycles. The molecule has 3 aliphatic carbocycles. The van der Waals surface area contributed by atoms with Crippen LogP contribution in [0.1, 0.15) is 31.2 Å². The first-order chi connectivity index (χ1) is 18.4. The summed E-state index contributed by atoms with van der Waals surface area (Å²) in [4.78, 5) is 23.5. The van der Waals surface area contributed by atoms with Gasteiger partial charge in [-0.15, -0.1) is 0 Å². The number of aromatic nitrogens is 3. The van der Waals surface area contributed by atoms with E-state index in [2.05, 4.69) is 20.3 Å². The van der Waals surface area contributed by atoms with Crippen LogP contribution >= 0.6 is 0 Å². The number of benzene rings is 1. The number of nitrogens with one attached hydrogen (secondary N) is 2. The van der Waals surface area contributed by atoms with E-state index in [1.54, 1.807) is 12.1 Å². The fourth-order valence-electron chi connectivity index (χ4n) is 6.27. The van der Waals surface area contributed by atoms with E-state index in [9.17, 15) is 23.9 Å². The Labute approximate surface area is 215 Å². The van der Waals surface area contributed by atoms with Crippen LogP contribution in [0, 0.1) is 46.5 Å². The van der Waals surface area contributed by atoms with Crippen molar-refractivity contribution in [1.82, 2.24) is 15.0 Å². The Kier molecular flexibility index (Phi) is 5.79. The van der Waals surface area contributed by atoms with Crippen molar-refractivity contribution in [1.29, 1.82) is 5.26 Å². The molecule has 4 aromatic rings. The molecule has 192 valence electrons. The molecule has 2 unspecified atom stereocenters. The van der Waals surface area contributed by atoms with Crippen LogP contribution in [0.3, 0.4) is 0 Å². The molecule has 2 bridgehead atoms. The fourth-order valence-corrected chi connectivity index (χ4v) is 6.27. The molecule has 0 radical (unpaired) electrons. The normalized spacial score (nSPS) is 22.4. The zero-order valence-electron chi connectivity index (χ0n) is 20.0. The second kappa shape index (κ2) is 9.17. The van der Waals surface area contributed by atoms with E-state index in [-0.39, 0.29) is 50.9 Å². The monoisotopic (exact) mass is 517 g/mol. The number of fused-ring (bicyclic) bond motifs is 4. The summed E-state index contributed by atoms with van der Waals surface area (Å²) in [5, 5.41) is 23.4. The third-order valence-electron chi connectivity index (χ3n) is 7.97. The Morgan fingerprint density at radius 2 is 1.92 bits per heavy atom. The van der Waals surface area contributed by atoms with Crippen molar-refractivity contribution in [2.75, 3.05) is 5.32 Å². The molecular formula is C28H22F3N5O2. The second-order valence-electron chi connectivity index (χ2n) is 9.95. The Balaban J connectivity index is 1.58. The molecule has 7 rings (SSSR count). The maximum Gasteiger partial charge on any atom is 0.308 e. The van der Waals surface area contributed by atoms with Crippen molar-refractivity contribution < 1.29 is 23.1 Å². The largest absolute Gasteiger partial charge is 0.481 e. The molecule has 1 aromatic carbocycles. The number of nitrogens with zero attached hydrogens (tertiary/aromatic N) is 3. The number of hydrogen-bond acceptors (Lipinski definition) is 5. The number of anilines is 1. The average molecular weight is 518 g/mol. The topological polar surface area (TPSA) is 115 Å². The highest BCUT2D eigenvalue weighted by molar-refractivity contribution is 5.98. The molecule has 3 aromatic heterocycles. The zero-order chi connectivity index (χ0) is 26.6. The van der Waals surface area contributed by atoms with E-state index < -0.39 is 35.4 Å². The third-order valence-corrected chi connectivity index (χ3v) is 7.97. The lowest BCUT2D eigenvalue weighted by molar-refractivity contribution is -0.148. The molecule has 3 heterocycles. The lowest BCUT2D eigenvalue weighted by atomic mass is 9.61. The van der Waals surface area contributed by atoms with Gasteiger partial charge in [-0.1, -0.05) is 6.07 Å². The predicted octanol–water partition coefficient (Wildman–Crippen LogP) is 5.88. The Morgan fingerprint density at radius 3 is 2.61 bits per heavy atom. The highest BCUT2D eigenvalue weighted by Crippen LogP contribution is 2.47. The summed E-state index contributed by atoms with van der Waals surface area (Å²) in [5.74, 6) is -4.31. The molecule has 3 N–H and O–H groups in total. The van der Waals surface area contributed by atoms with Crippen LogP contribution in [0.2, 0.25) is 0 Å². The van der Waals surface area contributed by atoms with Crippen LogP contribution in [0.4, 0.5) is 19.0 Å². The Bertz CT molecular complexity index is 1610. The number of hydrogen-bond donors (Lipinski definition) is 3. The van der Waals surface area contributed by atoms with Crippen LogP contribution in [0.25, 0.3) is 33.3 Å². The molecule has 10 heteroatoms. The van der Waals surface area contributed by atoms with Crippen molar-refractivity contribution in [3.63, 3.8) is 0 Å². The van der Waals surface area contributed by atoms with Gasteiger partial charge in [-0.25, -0.2) is 18.2 Å². The van der Waals surface area contributed by atoms with Gasteiger partial charge in [0.2, 0.25) is 0 Å². The summed E-state index contributed by atoms with van der Waals surface area (Å²) in [6.45, 7) is 0. The number of H-pyrrole nitrogens is 1. The molecule has 3 aliphatic rings. The average Bonchev–Trinajstić information content (AvgIpc) is 3.34. The molecule has 3 saturated carbocycles. The van der Waals surface area contributed by atoms with Crippen LogP contribution in [0.5, 0.6) is 0 Å². The van der Waals surface area contributed by atoms with Gasteiger partial charge in [-0.05, 0) is 49.7 Å². The number of carbonyl (C=O) groups is 1. The maximum atomic E-state index is 16.2. The predicted molar refractivity (Wildman–Crippen MR) is 133 cm³/mol. The molecule has 38 heavy (non-hydrogen) atoms. The van der Waals surface area contributed by atoms with Crippen LogP contribution in [-0.2, 0) is 4.79 Å². The van der Waals surface area contributed by atoms with Gasteiger partial charge in [0, 0.05) is 52.8 Å². The van der Waals surface area contributed by atoms with Crippen LogP contribution in [-0.4, -0.2) is 32.1 Å². The lowest BCUT2D eigenvalue weighted by Crippen LogP contribution is -2.51. The van der Waals surface area contributed by atoms with Gasteiger partial charge in [-0.2, -0.15) is 5.26 Å². The van der Waals surface area contributed by atoms with Crippen molar-refractivity contribution in [3.05, 3.63) is 65.9 Å². The highest BCUT2D eigenvalue weighted by Gasteiger charge is 2.47. The Morgan fingerprint density at radius 1 is 1.16 bits per heavy atom. The van der Waals surface area contributed by atoms with Crippen LogP contribution < -0.4 is 5.32 Å². The van der Waals surface area contributed by atoms with Gasteiger partial charge < -0.3 is 15.4 Å². The van der Waals surface area contributed by atoms with Crippen molar-refractivity contribution >= 4 is 22.7 Å². The van der Waals surface area contributed by atoms with Crippen LogP contribution in [0.15, 0.2) is 42.9 Å². The molecule has 0 amide bonds. The van der Waals surface area contributed by atoms with E-state index in [1.165, 1.54) is 18.6 Å². The maximum absolute atomic E-state index is 16.2. The van der Waals surface area contributed by atoms with Gasteiger partial charge in [-0.3, -0.25) is 9.78 Å². The standard InChI is InChI=1S/C28H22F3N5O2/c29-16-8-17-19(12-34-26(17)20(30)9-16)25-18(10-32)21(15-2-1-7-33-11-15)23(31)27(36-25)35-24-14-5-3-13(4-6-14)22(24)28(37)38/h1-2,7-9,11-14,22,24,34H,3-6H2,(H,35,36)(H,37,38). The molecule has 2 atom stereocenters. The van der Waals surface area contributed by atoms with Gasteiger partial charge in [0.1, 0.15) is 17.7 Å². The molecule has 3 fully saturated rings. The highest BCUT2D eigenvalue weighted by atomic mass is 19.1. The van der Waals surface area contributed by atoms with Gasteiger partial charge in [0.25, 0.3) is 0 Å². The van der Waals surface area contributed by atoms with E-state index in [1.807, 2.05) is 6.07 Å². The summed E-state index contributed by atoms with van der Waals surface area (Å²) >= 11 is 0. The molecule has 0 aliphatic heterocycles. The molecule has 7 nitrogen and oxygen atoms in total. The lowest BCUT2D eigenvalue weighted by Gasteiger charge is -2.47. The van der Waals surface area contributed by atoms with Crippen molar-refractivity contribution in [2.24, 2.45) is 17.8 Å².